The van der Waals surface area contributed by atoms with Crippen LogP contribution in [0.5, 0.6) is 5.75 Å². The molecular formula is C21H24F2N2O4. The van der Waals surface area contributed by atoms with Crippen molar-refractivity contribution in [1.29, 1.82) is 0 Å². The van der Waals surface area contributed by atoms with Crippen LogP contribution in [0.4, 0.5) is 13.6 Å². The second-order valence-corrected chi connectivity index (χ2v) is 9.15. The third-order valence-corrected chi connectivity index (χ3v) is 7.10. The number of cyclic esters (lactones) is 1. The van der Waals surface area contributed by atoms with E-state index in [0.717, 1.165) is 18.9 Å². The van der Waals surface area contributed by atoms with Gasteiger partial charge in [0.15, 0.2) is 11.6 Å². The van der Waals surface area contributed by atoms with Gasteiger partial charge in [0, 0.05) is 43.0 Å². The van der Waals surface area contributed by atoms with Gasteiger partial charge < -0.3 is 19.7 Å². The lowest BCUT2D eigenvalue weighted by Gasteiger charge is -2.46. The van der Waals surface area contributed by atoms with Gasteiger partial charge in [0.05, 0.1) is 5.54 Å². The fourth-order valence-electron chi connectivity index (χ4n) is 5.47. The maximum atomic E-state index is 14.1. The monoisotopic (exact) mass is 406 g/mol. The number of halogens is 2. The van der Waals surface area contributed by atoms with Crippen molar-refractivity contribution in [1.82, 2.24) is 10.2 Å². The molecule has 1 N–H and O–H groups in total. The van der Waals surface area contributed by atoms with E-state index in [-0.39, 0.29) is 29.0 Å². The summed E-state index contributed by atoms with van der Waals surface area (Å²) in [5.74, 6) is -0.864. The first kappa shape index (κ1) is 18.6. The van der Waals surface area contributed by atoms with E-state index in [1.165, 1.54) is 6.07 Å². The molecule has 6 nitrogen and oxygen atoms in total. The van der Waals surface area contributed by atoms with Crippen molar-refractivity contribution in [2.24, 2.45) is 11.8 Å². The Morgan fingerprint density at radius 3 is 2.62 bits per heavy atom. The minimum atomic E-state index is -0.654. The average Bonchev–Trinajstić information content (AvgIpc) is 3.21. The first-order chi connectivity index (χ1) is 13.8. The number of alkyl carbamates (subject to hydrolysis) is 1. The summed E-state index contributed by atoms with van der Waals surface area (Å²) in [6.07, 6.45) is 2.84. The molecule has 156 valence electrons. The van der Waals surface area contributed by atoms with Crippen LogP contribution in [-0.4, -0.2) is 47.7 Å². The largest absolute Gasteiger partial charge is 0.484 e. The second-order valence-electron chi connectivity index (χ2n) is 9.15. The van der Waals surface area contributed by atoms with Crippen LogP contribution >= 0.6 is 0 Å². The van der Waals surface area contributed by atoms with Crippen molar-refractivity contribution in [3.63, 3.8) is 0 Å². The number of fused-ring (bicyclic) bond motifs is 1. The number of amides is 2. The number of rotatable bonds is 2. The normalized spacial score (nSPS) is 33.7. The highest BCUT2D eigenvalue weighted by atomic mass is 19.1. The summed E-state index contributed by atoms with van der Waals surface area (Å²) in [6.45, 7) is 3.54. The number of ether oxygens (including phenoxy) is 2. The van der Waals surface area contributed by atoms with E-state index in [9.17, 15) is 18.4 Å². The molecular weight excluding hydrogens is 382 g/mol. The number of nitrogens with zero attached hydrogens (tertiary/aromatic N) is 1. The van der Waals surface area contributed by atoms with E-state index in [1.54, 1.807) is 0 Å². The molecule has 0 bridgehead atoms. The van der Waals surface area contributed by atoms with Gasteiger partial charge in [-0.05, 0) is 38.7 Å². The molecule has 2 amide bonds. The predicted molar refractivity (Wildman–Crippen MR) is 98.3 cm³/mol. The van der Waals surface area contributed by atoms with E-state index in [2.05, 4.69) is 5.32 Å². The minimum absolute atomic E-state index is 0.0757. The van der Waals surface area contributed by atoms with Gasteiger partial charge in [-0.1, -0.05) is 0 Å². The molecule has 3 fully saturated rings. The Bertz CT molecular complexity index is 878. The number of carbonyl (C=O) groups is 2. The van der Waals surface area contributed by atoms with Crippen LogP contribution in [0.15, 0.2) is 12.1 Å². The van der Waals surface area contributed by atoms with Crippen molar-refractivity contribution < 1.29 is 27.8 Å². The Balaban J connectivity index is 1.18. The van der Waals surface area contributed by atoms with Crippen LogP contribution in [0.2, 0.25) is 0 Å². The van der Waals surface area contributed by atoms with Crippen LogP contribution in [0.25, 0.3) is 0 Å². The zero-order valence-electron chi connectivity index (χ0n) is 16.3. The molecule has 0 radical (unpaired) electrons. The summed E-state index contributed by atoms with van der Waals surface area (Å²) in [4.78, 5) is 26.0. The summed E-state index contributed by atoms with van der Waals surface area (Å²) in [6, 6.07) is 2.20. The standard InChI is InChI=1S/C21H24F2N2O4/c1-20(8-12-6-15(22)7-16(23)17(12)29-20)14-2-4-25(5-3-14)18(26)13-9-21(10-13)11-28-19(27)24-21/h6-7,13-14H,2-5,8-11H2,1H3,(H,24,27). The molecule has 3 heterocycles. The Kier molecular flexibility index (Phi) is 4.05. The third-order valence-electron chi connectivity index (χ3n) is 7.10. The summed E-state index contributed by atoms with van der Waals surface area (Å²) in [5.41, 5.74) is -0.367. The molecule has 8 heteroatoms. The van der Waals surface area contributed by atoms with Crippen molar-refractivity contribution >= 4 is 12.0 Å². The average molecular weight is 406 g/mol. The van der Waals surface area contributed by atoms with Gasteiger partial charge >= 0.3 is 6.09 Å². The fraction of sp³-hybridized carbons (Fsp3) is 0.619. The van der Waals surface area contributed by atoms with Gasteiger partial charge in [-0.3, -0.25) is 4.79 Å². The van der Waals surface area contributed by atoms with Crippen LogP contribution in [0, 0.1) is 23.5 Å². The third kappa shape index (κ3) is 3.04. The molecule has 4 aliphatic rings. The molecule has 2 saturated heterocycles. The lowest BCUT2D eigenvalue weighted by Crippen LogP contribution is -2.59. The molecule has 1 saturated carbocycles. The molecule has 1 atom stereocenters. The van der Waals surface area contributed by atoms with Gasteiger partial charge in [-0.15, -0.1) is 0 Å². The maximum Gasteiger partial charge on any atom is 0.407 e. The van der Waals surface area contributed by atoms with Crippen molar-refractivity contribution in [2.75, 3.05) is 19.7 Å². The van der Waals surface area contributed by atoms with E-state index < -0.39 is 23.3 Å². The molecule has 0 aromatic heterocycles. The number of likely N-dealkylation sites (tertiary alicyclic amines) is 1. The van der Waals surface area contributed by atoms with E-state index in [1.807, 2.05) is 11.8 Å². The highest BCUT2D eigenvalue weighted by molar-refractivity contribution is 5.81. The first-order valence-corrected chi connectivity index (χ1v) is 10.2. The van der Waals surface area contributed by atoms with E-state index in [0.29, 0.717) is 44.5 Å². The second kappa shape index (κ2) is 6.31. The fourth-order valence-corrected chi connectivity index (χ4v) is 5.47. The lowest BCUT2D eigenvalue weighted by molar-refractivity contribution is -0.143. The quantitative estimate of drug-likeness (QED) is 0.820. The highest BCUT2D eigenvalue weighted by Gasteiger charge is 2.54. The van der Waals surface area contributed by atoms with E-state index >= 15 is 0 Å². The Morgan fingerprint density at radius 1 is 1.24 bits per heavy atom. The van der Waals surface area contributed by atoms with Crippen LogP contribution in [0.1, 0.15) is 38.2 Å². The Morgan fingerprint density at radius 2 is 1.97 bits per heavy atom. The molecule has 29 heavy (non-hydrogen) atoms. The molecule has 1 aliphatic carbocycles. The number of carbonyl (C=O) groups excluding carboxylic acids is 2. The van der Waals surface area contributed by atoms with Crippen LogP contribution < -0.4 is 10.1 Å². The molecule has 3 aliphatic heterocycles. The summed E-state index contributed by atoms with van der Waals surface area (Å²) < 4.78 is 38.5. The van der Waals surface area contributed by atoms with Gasteiger partial charge in [0.1, 0.15) is 18.0 Å². The molecule has 1 spiro atoms. The SMILES string of the molecule is CC1(C2CCN(C(=O)C3CC4(COC(=O)N4)C3)CC2)Cc2cc(F)cc(F)c2O1. The Labute approximate surface area is 167 Å². The zero-order chi connectivity index (χ0) is 20.4. The predicted octanol–water partition coefficient (Wildman–Crippen LogP) is 2.79. The van der Waals surface area contributed by atoms with Gasteiger partial charge in [0.2, 0.25) is 5.91 Å². The number of piperidine rings is 1. The number of benzene rings is 1. The topological polar surface area (TPSA) is 67.9 Å². The lowest BCUT2D eigenvalue weighted by atomic mass is 9.68. The maximum absolute atomic E-state index is 14.1. The number of nitrogens with one attached hydrogen (secondary N) is 1. The zero-order valence-corrected chi connectivity index (χ0v) is 16.3. The number of hydrogen-bond acceptors (Lipinski definition) is 4. The highest BCUT2D eigenvalue weighted by Crippen LogP contribution is 2.45. The van der Waals surface area contributed by atoms with Crippen molar-refractivity contribution in [2.45, 2.75) is 50.2 Å². The van der Waals surface area contributed by atoms with E-state index in [4.69, 9.17) is 9.47 Å². The summed E-state index contributed by atoms with van der Waals surface area (Å²) in [5, 5.41) is 2.82. The molecule has 1 aromatic rings. The van der Waals surface area contributed by atoms with Crippen molar-refractivity contribution in [3.8, 4) is 5.75 Å². The molecule has 1 aromatic carbocycles. The summed E-state index contributed by atoms with van der Waals surface area (Å²) in [7, 11) is 0. The first-order valence-electron chi connectivity index (χ1n) is 10.2. The van der Waals surface area contributed by atoms with Gasteiger partial charge in [-0.2, -0.15) is 0 Å². The minimum Gasteiger partial charge on any atom is -0.484 e. The number of hydrogen-bond donors (Lipinski definition) is 1. The summed E-state index contributed by atoms with van der Waals surface area (Å²) >= 11 is 0. The van der Waals surface area contributed by atoms with Crippen LogP contribution in [0.3, 0.4) is 0 Å². The molecule has 1 unspecified atom stereocenters. The van der Waals surface area contributed by atoms with Gasteiger partial charge in [0.25, 0.3) is 0 Å². The molecule has 5 rings (SSSR count). The van der Waals surface area contributed by atoms with Gasteiger partial charge in [-0.25, -0.2) is 13.6 Å². The smallest absolute Gasteiger partial charge is 0.407 e. The van der Waals surface area contributed by atoms with Crippen molar-refractivity contribution in [3.05, 3.63) is 29.3 Å². The Hall–Kier alpha value is -2.38. The van der Waals surface area contributed by atoms with Crippen LogP contribution in [-0.2, 0) is 16.0 Å².